The number of amides is 2. The average Bonchev–Trinajstić information content (AvgIpc) is 2.51. The van der Waals surface area contributed by atoms with E-state index < -0.39 is 36.7 Å². The third-order valence-corrected chi connectivity index (χ3v) is 2.62. The predicted molar refractivity (Wildman–Crippen MR) is 74.7 cm³/mol. The summed E-state index contributed by atoms with van der Waals surface area (Å²) in [5.74, 6) is -0.883. The molecule has 0 saturated carbocycles. The predicted octanol–water partition coefficient (Wildman–Crippen LogP) is -1.14. The first-order valence-electron chi connectivity index (χ1n) is 6.19. The molecule has 0 unspecified atom stereocenters. The van der Waals surface area contributed by atoms with Gasteiger partial charge in [0.05, 0.1) is 18.6 Å². The van der Waals surface area contributed by atoms with E-state index in [4.69, 9.17) is 9.47 Å². The summed E-state index contributed by atoms with van der Waals surface area (Å²) < 4.78 is 10.6. The van der Waals surface area contributed by atoms with Gasteiger partial charge in [0.2, 0.25) is 11.8 Å². The molecule has 0 heterocycles. The maximum Gasteiger partial charge on any atom is 0.245 e. The SMILES string of the molecule is C=CC(=O)NCOC(OCNC(=O)C=C)C(C)(CO)CO. The molecule has 0 spiro atoms. The van der Waals surface area contributed by atoms with Crippen molar-refractivity contribution >= 4 is 11.8 Å². The summed E-state index contributed by atoms with van der Waals surface area (Å²) in [6.45, 7) is 6.84. The molecular weight excluding hydrogens is 280 g/mol. The summed E-state index contributed by atoms with van der Waals surface area (Å²) in [5.41, 5.74) is -1.11. The minimum absolute atomic E-state index is 0.208. The van der Waals surface area contributed by atoms with Gasteiger partial charge < -0.3 is 30.3 Å². The Balaban J connectivity index is 4.53. The fraction of sp³-hybridized carbons (Fsp3) is 0.538. The Kier molecular flexibility index (Phi) is 9.22. The first kappa shape index (κ1) is 19.3. The van der Waals surface area contributed by atoms with Crippen molar-refractivity contribution in [3.05, 3.63) is 25.3 Å². The maximum atomic E-state index is 11.0. The quantitative estimate of drug-likeness (QED) is 0.283. The minimum Gasteiger partial charge on any atom is -0.396 e. The van der Waals surface area contributed by atoms with Crippen molar-refractivity contribution < 1.29 is 29.3 Å². The lowest BCUT2D eigenvalue weighted by Gasteiger charge is -2.33. The van der Waals surface area contributed by atoms with Crippen molar-refractivity contribution in [1.82, 2.24) is 10.6 Å². The summed E-state index contributed by atoms with van der Waals surface area (Å²) in [5, 5.41) is 23.4. The highest BCUT2D eigenvalue weighted by molar-refractivity contribution is 5.87. The molecule has 0 aromatic rings. The summed E-state index contributed by atoms with van der Waals surface area (Å²) in [6, 6.07) is 0. The van der Waals surface area contributed by atoms with Gasteiger partial charge in [0.25, 0.3) is 0 Å². The fourth-order valence-corrected chi connectivity index (χ4v) is 1.17. The Morgan fingerprint density at radius 2 is 1.48 bits per heavy atom. The number of hydrogen-bond acceptors (Lipinski definition) is 6. The van der Waals surface area contributed by atoms with Gasteiger partial charge in [-0.3, -0.25) is 9.59 Å². The Labute approximate surface area is 123 Å². The van der Waals surface area contributed by atoms with E-state index >= 15 is 0 Å². The van der Waals surface area contributed by atoms with Gasteiger partial charge in [-0.05, 0) is 12.2 Å². The number of carbonyl (C=O) groups excluding carboxylic acids is 2. The van der Waals surface area contributed by atoms with Crippen molar-refractivity contribution in [2.45, 2.75) is 13.2 Å². The highest BCUT2D eigenvalue weighted by Crippen LogP contribution is 2.23. The zero-order chi connectivity index (χ0) is 16.3. The van der Waals surface area contributed by atoms with Crippen LogP contribution in [0.15, 0.2) is 25.3 Å². The largest absolute Gasteiger partial charge is 0.396 e. The van der Waals surface area contributed by atoms with Crippen LogP contribution in [0.3, 0.4) is 0 Å². The molecule has 0 aromatic carbocycles. The minimum atomic E-state index is -1.11. The molecule has 0 bridgehead atoms. The van der Waals surface area contributed by atoms with Crippen LogP contribution in [0.5, 0.6) is 0 Å². The first-order valence-corrected chi connectivity index (χ1v) is 6.19. The normalized spacial score (nSPS) is 11.0. The number of aliphatic hydroxyl groups excluding tert-OH is 2. The monoisotopic (exact) mass is 302 g/mol. The zero-order valence-electron chi connectivity index (χ0n) is 12.0. The Hall–Kier alpha value is -1.74. The number of aliphatic hydroxyl groups is 2. The van der Waals surface area contributed by atoms with E-state index in [0.717, 1.165) is 12.2 Å². The molecule has 8 heteroatoms. The van der Waals surface area contributed by atoms with Crippen molar-refractivity contribution in [3.63, 3.8) is 0 Å². The second-order valence-electron chi connectivity index (χ2n) is 4.41. The summed E-state index contributed by atoms with van der Waals surface area (Å²) in [4.78, 5) is 22.0. The lowest BCUT2D eigenvalue weighted by atomic mass is 9.92. The standard InChI is InChI=1S/C13H22N2O6/c1-4-10(18)14-8-20-12(13(3,6-16)7-17)21-9-15-11(19)5-2/h4-5,12,16-17H,1-2,6-9H2,3H3,(H,14,18)(H,15,19). The average molecular weight is 302 g/mol. The zero-order valence-corrected chi connectivity index (χ0v) is 12.0. The third kappa shape index (κ3) is 7.00. The van der Waals surface area contributed by atoms with Crippen LogP contribution in [0.1, 0.15) is 6.92 Å². The number of rotatable bonds is 11. The molecule has 21 heavy (non-hydrogen) atoms. The molecule has 0 saturated heterocycles. The number of carbonyl (C=O) groups is 2. The van der Waals surface area contributed by atoms with Gasteiger partial charge in [0, 0.05) is 0 Å². The van der Waals surface area contributed by atoms with Crippen LogP contribution < -0.4 is 10.6 Å². The van der Waals surface area contributed by atoms with Crippen molar-refractivity contribution in [2.24, 2.45) is 5.41 Å². The topological polar surface area (TPSA) is 117 Å². The highest BCUT2D eigenvalue weighted by atomic mass is 16.7. The molecular formula is C13H22N2O6. The molecule has 0 aliphatic carbocycles. The van der Waals surface area contributed by atoms with Crippen molar-refractivity contribution in [3.8, 4) is 0 Å². The number of nitrogens with one attached hydrogen (secondary N) is 2. The molecule has 0 aromatic heterocycles. The van der Waals surface area contributed by atoms with E-state index in [9.17, 15) is 19.8 Å². The lowest BCUT2D eigenvalue weighted by molar-refractivity contribution is -0.226. The molecule has 2 amide bonds. The molecule has 0 rings (SSSR count). The van der Waals surface area contributed by atoms with Crippen molar-refractivity contribution in [2.75, 3.05) is 26.7 Å². The van der Waals surface area contributed by atoms with Crippen molar-refractivity contribution in [1.29, 1.82) is 0 Å². The fourth-order valence-electron chi connectivity index (χ4n) is 1.17. The molecule has 0 aliphatic heterocycles. The van der Waals surface area contributed by atoms with Crippen LogP contribution in [0.4, 0.5) is 0 Å². The molecule has 120 valence electrons. The van der Waals surface area contributed by atoms with Crippen LogP contribution >= 0.6 is 0 Å². The van der Waals surface area contributed by atoms with Gasteiger partial charge in [0.1, 0.15) is 13.5 Å². The van der Waals surface area contributed by atoms with Gasteiger partial charge in [0.15, 0.2) is 6.29 Å². The molecule has 4 N–H and O–H groups in total. The lowest BCUT2D eigenvalue weighted by Crippen LogP contribution is -2.46. The van der Waals surface area contributed by atoms with Crippen LogP contribution in [0.25, 0.3) is 0 Å². The Bertz CT molecular complexity index is 342. The third-order valence-electron chi connectivity index (χ3n) is 2.62. The van der Waals surface area contributed by atoms with Crippen LogP contribution in [-0.4, -0.2) is 55.0 Å². The maximum absolute atomic E-state index is 11.0. The van der Waals surface area contributed by atoms with Crippen LogP contribution in [0, 0.1) is 5.41 Å². The number of ether oxygens (including phenoxy) is 2. The van der Waals surface area contributed by atoms with E-state index in [1.807, 2.05) is 0 Å². The summed E-state index contributed by atoms with van der Waals surface area (Å²) >= 11 is 0. The van der Waals surface area contributed by atoms with Crippen LogP contribution in [0.2, 0.25) is 0 Å². The van der Waals surface area contributed by atoms with Gasteiger partial charge >= 0.3 is 0 Å². The molecule has 0 radical (unpaired) electrons. The molecule has 0 aliphatic rings. The van der Waals surface area contributed by atoms with Gasteiger partial charge in [-0.25, -0.2) is 0 Å². The van der Waals surface area contributed by atoms with Gasteiger partial charge in [-0.1, -0.05) is 20.1 Å². The molecule has 8 nitrogen and oxygen atoms in total. The summed E-state index contributed by atoms with van der Waals surface area (Å²) in [7, 11) is 0. The highest BCUT2D eigenvalue weighted by Gasteiger charge is 2.35. The first-order chi connectivity index (χ1) is 9.93. The van der Waals surface area contributed by atoms with Gasteiger partial charge in [-0.2, -0.15) is 0 Å². The van der Waals surface area contributed by atoms with E-state index in [1.165, 1.54) is 6.92 Å². The van der Waals surface area contributed by atoms with E-state index in [-0.39, 0.29) is 13.5 Å². The van der Waals surface area contributed by atoms with E-state index in [1.54, 1.807) is 0 Å². The van der Waals surface area contributed by atoms with E-state index in [2.05, 4.69) is 23.8 Å². The van der Waals surface area contributed by atoms with Crippen LogP contribution in [-0.2, 0) is 19.1 Å². The van der Waals surface area contributed by atoms with E-state index in [0.29, 0.717) is 0 Å². The Morgan fingerprint density at radius 1 is 1.10 bits per heavy atom. The smallest absolute Gasteiger partial charge is 0.245 e. The molecule has 0 atom stereocenters. The van der Waals surface area contributed by atoms with Gasteiger partial charge in [-0.15, -0.1) is 0 Å². The second-order valence-corrected chi connectivity index (χ2v) is 4.41. The summed E-state index contributed by atoms with van der Waals surface area (Å²) in [6.07, 6.45) is 1.09. The molecule has 0 fully saturated rings. The number of hydrogen-bond donors (Lipinski definition) is 4. The second kappa shape index (κ2) is 10.1. The Morgan fingerprint density at radius 3 is 1.76 bits per heavy atom.